The van der Waals surface area contributed by atoms with Crippen molar-refractivity contribution in [1.29, 1.82) is 0 Å². The van der Waals surface area contributed by atoms with Gasteiger partial charge < -0.3 is 5.11 Å². The topological polar surface area (TPSA) is 84.3 Å². The standard InChI is InChI=1S/C6H5NO2.C2H2O2.C2H4/c8-6(9)5-2-1-3-7-4-5;3-1-2-4;1-2/h1-4H,(H,8,9);1-2H;1-2H2. The summed E-state index contributed by atoms with van der Waals surface area (Å²) in [6.07, 6.45) is 3.23. The van der Waals surface area contributed by atoms with Gasteiger partial charge in [-0.1, -0.05) is 0 Å². The number of hydrogen-bond acceptors (Lipinski definition) is 4. The minimum absolute atomic E-state index is 0.194. The zero-order valence-electron chi connectivity index (χ0n) is 8.00. The molecule has 0 spiro atoms. The van der Waals surface area contributed by atoms with Crippen LogP contribution >= 0.6 is 0 Å². The van der Waals surface area contributed by atoms with Crippen molar-refractivity contribution in [2.45, 2.75) is 0 Å². The second-order valence-corrected chi connectivity index (χ2v) is 1.82. The molecule has 1 aromatic rings. The smallest absolute Gasteiger partial charge is 0.337 e. The van der Waals surface area contributed by atoms with Crippen LogP contribution in [-0.2, 0) is 9.59 Å². The van der Waals surface area contributed by atoms with Crippen molar-refractivity contribution in [3.8, 4) is 0 Å². The Balaban J connectivity index is 0. The van der Waals surface area contributed by atoms with Gasteiger partial charge in [-0.3, -0.25) is 14.6 Å². The van der Waals surface area contributed by atoms with Crippen LogP contribution in [0, 0.1) is 0 Å². The van der Waals surface area contributed by atoms with E-state index < -0.39 is 5.97 Å². The average molecular weight is 209 g/mol. The first-order valence-corrected chi connectivity index (χ1v) is 3.74. The summed E-state index contributed by atoms with van der Waals surface area (Å²) >= 11 is 0. The first-order valence-electron chi connectivity index (χ1n) is 3.74. The van der Waals surface area contributed by atoms with Gasteiger partial charge in [-0.15, -0.1) is 13.2 Å². The molecule has 15 heavy (non-hydrogen) atoms. The van der Waals surface area contributed by atoms with E-state index in [1.807, 2.05) is 0 Å². The fourth-order valence-electron chi connectivity index (χ4n) is 0.489. The summed E-state index contributed by atoms with van der Waals surface area (Å²) in [5, 5.41) is 8.34. The van der Waals surface area contributed by atoms with Crippen molar-refractivity contribution in [2.24, 2.45) is 0 Å². The van der Waals surface area contributed by atoms with E-state index in [-0.39, 0.29) is 18.1 Å². The van der Waals surface area contributed by atoms with Crippen LogP contribution in [0.1, 0.15) is 10.4 Å². The third-order valence-corrected chi connectivity index (χ3v) is 0.964. The lowest BCUT2D eigenvalue weighted by molar-refractivity contribution is -0.122. The van der Waals surface area contributed by atoms with Gasteiger partial charge in [0.05, 0.1) is 5.56 Å². The number of carbonyl (C=O) groups is 3. The molecule has 1 aromatic heterocycles. The van der Waals surface area contributed by atoms with Gasteiger partial charge in [-0.2, -0.15) is 0 Å². The molecule has 0 fully saturated rings. The lowest BCUT2D eigenvalue weighted by Gasteiger charge is -1.87. The zero-order valence-corrected chi connectivity index (χ0v) is 8.00. The third-order valence-electron chi connectivity index (χ3n) is 0.964. The van der Waals surface area contributed by atoms with Gasteiger partial charge in [-0.05, 0) is 12.1 Å². The monoisotopic (exact) mass is 209 g/mol. The summed E-state index contributed by atoms with van der Waals surface area (Å²) in [6, 6.07) is 3.08. The molecule has 0 amide bonds. The molecule has 1 rings (SSSR count). The number of rotatable bonds is 2. The van der Waals surface area contributed by atoms with Crippen LogP contribution in [0.5, 0.6) is 0 Å². The number of hydrogen-bond donors (Lipinski definition) is 1. The number of aromatic nitrogens is 1. The quantitative estimate of drug-likeness (QED) is 0.445. The molecular formula is C10H11NO4. The number of aromatic carboxylic acids is 1. The first-order chi connectivity index (χ1) is 7.22. The Kier molecular flexibility index (Phi) is 11.8. The summed E-state index contributed by atoms with van der Waals surface area (Å²) in [6.45, 7) is 6.00. The maximum absolute atomic E-state index is 10.2. The van der Waals surface area contributed by atoms with Crippen molar-refractivity contribution in [3.63, 3.8) is 0 Å². The van der Waals surface area contributed by atoms with Gasteiger partial charge in [0, 0.05) is 12.4 Å². The lowest BCUT2D eigenvalue weighted by atomic mass is 10.3. The van der Waals surface area contributed by atoms with E-state index in [1.54, 1.807) is 6.07 Å². The summed E-state index contributed by atoms with van der Waals surface area (Å²) in [4.78, 5) is 31.4. The zero-order chi connectivity index (χ0) is 12.1. The van der Waals surface area contributed by atoms with Crippen LogP contribution in [0.2, 0.25) is 0 Å². The van der Waals surface area contributed by atoms with Crippen molar-refractivity contribution >= 4 is 18.5 Å². The molecule has 0 saturated carbocycles. The number of carboxylic acids is 1. The Morgan fingerprint density at radius 2 is 1.87 bits per heavy atom. The molecule has 80 valence electrons. The highest BCUT2D eigenvalue weighted by Gasteiger charge is 1.97. The molecule has 0 radical (unpaired) electrons. The first kappa shape index (κ1) is 15.2. The Bertz CT molecular complexity index is 292. The highest BCUT2D eigenvalue weighted by Crippen LogP contribution is 1.92. The molecule has 0 aliphatic carbocycles. The molecule has 0 aliphatic rings. The van der Waals surface area contributed by atoms with Gasteiger partial charge in [0.15, 0.2) is 12.6 Å². The van der Waals surface area contributed by atoms with Crippen LogP contribution in [-0.4, -0.2) is 28.6 Å². The fourth-order valence-corrected chi connectivity index (χ4v) is 0.489. The SMILES string of the molecule is C=C.O=C(O)c1cccnc1.O=CC=O. The van der Waals surface area contributed by atoms with Gasteiger partial charge >= 0.3 is 5.97 Å². The molecule has 0 aliphatic heterocycles. The van der Waals surface area contributed by atoms with Crippen molar-refractivity contribution in [1.82, 2.24) is 4.98 Å². The lowest BCUT2D eigenvalue weighted by Crippen LogP contribution is -1.94. The average Bonchev–Trinajstić information content (AvgIpc) is 2.33. The largest absolute Gasteiger partial charge is 0.478 e. The molecule has 5 nitrogen and oxygen atoms in total. The van der Waals surface area contributed by atoms with E-state index in [9.17, 15) is 4.79 Å². The van der Waals surface area contributed by atoms with E-state index in [0.717, 1.165) is 0 Å². The van der Waals surface area contributed by atoms with Gasteiger partial charge in [-0.25, -0.2) is 4.79 Å². The van der Waals surface area contributed by atoms with Crippen molar-refractivity contribution in [2.75, 3.05) is 0 Å². The molecule has 0 aromatic carbocycles. The van der Waals surface area contributed by atoms with Crippen LogP contribution in [0.15, 0.2) is 37.7 Å². The second kappa shape index (κ2) is 11.7. The predicted octanol–water partition coefficient (Wildman–Crippen LogP) is 0.966. The van der Waals surface area contributed by atoms with Gasteiger partial charge in [0.1, 0.15) is 0 Å². The Hall–Kier alpha value is -2.30. The second-order valence-electron chi connectivity index (χ2n) is 1.82. The maximum atomic E-state index is 10.2. The van der Waals surface area contributed by atoms with E-state index in [2.05, 4.69) is 18.1 Å². The van der Waals surface area contributed by atoms with E-state index in [0.29, 0.717) is 0 Å². The summed E-state index contributed by atoms with van der Waals surface area (Å²) < 4.78 is 0. The third kappa shape index (κ3) is 9.62. The fraction of sp³-hybridized carbons (Fsp3) is 0. The summed E-state index contributed by atoms with van der Waals surface area (Å²) in [7, 11) is 0. The van der Waals surface area contributed by atoms with E-state index >= 15 is 0 Å². The molecular weight excluding hydrogens is 198 g/mol. The maximum Gasteiger partial charge on any atom is 0.337 e. The van der Waals surface area contributed by atoms with Gasteiger partial charge in [0.25, 0.3) is 0 Å². The minimum Gasteiger partial charge on any atom is -0.478 e. The van der Waals surface area contributed by atoms with Crippen molar-refractivity contribution < 1.29 is 19.5 Å². The highest BCUT2D eigenvalue weighted by atomic mass is 16.4. The summed E-state index contributed by atoms with van der Waals surface area (Å²) in [5.41, 5.74) is 0.220. The highest BCUT2D eigenvalue weighted by molar-refractivity contribution is 6.09. The Morgan fingerprint density at radius 1 is 1.33 bits per heavy atom. The molecule has 5 heteroatoms. The van der Waals surface area contributed by atoms with Gasteiger partial charge in [0.2, 0.25) is 0 Å². The van der Waals surface area contributed by atoms with E-state index in [4.69, 9.17) is 14.7 Å². The summed E-state index contributed by atoms with van der Waals surface area (Å²) in [5.74, 6) is -0.942. The normalized spacial score (nSPS) is 6.93. The molecule has 0 unspecified atom stereocenters. The molecule has 0 atom stereocenters. The number of aldehydes is 2. The van der Waals surface area contributed by atoms with Crippen LogP contribution < -0.4 is 0 Å². The Morgan fingerprint density at radius 3 is 2.07 bits per heavy atom. The van der Waals surface area contributed by atoms with Crippen LogP contribution in [0.4, 0.5) is 0 Å². The Labute approximate surface area is 87.1 Å². The van der Waals surface area contributed by atoms with Crippen molar-refractivity contribution in [3.05, 3.63) is 43.2 Å². The van der Waals surface area contributed by atoms with Crippen LogP contribution in [0.25, 0.3) is 0 Å². The number of carboxylic acid groups (broad SMARTS) is 1. The molecule has 0 bridgehead atoms. The molecule has 1 heterocycles. The predicted molar refractivity (Wildman–Crippen MR) is 54.6 cm³/mol. The molecule has 0 saturated heterocycles. The van der Waals surface area contributed by atoms with Crippen LogP contribution in [0.3, 0.4) is 0 Å². The number of nitrogens with zero attached hydrogens (tertiary/aromatic N) is 1. The molecule has 1 N–H and O–H groups in total. The minimum atomic E-state index is -0.942. The number of carbonyl (C=O) groups excluding carboxylic acids is 2. The number of pyridine rings is 1. The van der Waals surface area contributed by atoms with E-state index in [1.165, 1.54) is 18.5 Å².